The fourth-order valence-electron chi connectivity index (χ4n) is 2.35. The van der Waals surface area contributed by atoms with Crippen LogP contribution in [0.4, 0.5) is 19.1 Å². The van der Waals surface area contributed by atoms with Crippen LogP contribution in [0.15, 0.2) is 47.6 Å². The first-order valence-corrected chi connectivity index (χ1v) is 8.42. The smallest absolute Gasteiger partial charge is 0.349 e. The Morgan fingerprint density at radius 2 is 1.71 bits per heavy atom. The molecule has 0 unspecified atom stereocenters. The highest BCUT2D eigenvalue weighted by Crippen LogP contribution is 2.36. The molecule has 1 aliphatic rings. The van der Waals surface area contributed by atoms with Crippen LogP contribution in [0, 0.1) is 0 Å². The Morgan fingerprint density at radius 3 is 2.33 bits per heavy atom. The molecule has 0 saturated carbocycles. The topological polar surface area (TPSA) is 75.2 Å². The van der Waals surface area contributed by atoms with Crippen molar-refractivity contribution in [2.45, 2.75) is 17.1 Å². The zero-order chi connectivity index (χ0) is 17.4. The van der Waals surface area contributed by atoms with Gasteiger partial charge in [-0.1, -0.05) is 12.1 Å². The van der Waals surface area contributed by atoms with E-state index in [1.807, 2.05) is 0 Å². The number of hydrogen-bond acceptors (Lipinski definition) is 5. The summed E-state index contributed by atoms with van der Waals surface area (Å²) in [6.45, 7) is 0.0968. The number of hydrogen-bond donors (Lipinski definition) is 1. The second kappa shape index (κ2) is 6.02. The lowest BCUT2D eigenvalue weighted by atomic mass is 10.2. The summed E-state index contributed by atoms with van der Waals surface area (Å²) in [6.07, 6.45) is -1.67. The standard InChI is InChI=1S/C14H13F3N4O2S/c15-14(16,17)11-4-1-2-5-12(11)24(22,23)21-8-10(9-21)20-13-18-6-3-7-19-13/h1-7,10H,8-9H2,(H,18,19,20). The van der Waals surface area contributed by atoms with E-state index in [-0.39, 0.29) is 19.1 Å². The van der Waals surface area contributed by atoms with Gasteiger partial charge in [0.1, 0.15) is 0 Å². The molecule has 0 spiro atoms. The summed E-state index contributed by atoms with van der Waals surface area (Å²) in [5.41, 5.74) is -1.16. The van der Waals surface area contributed by atoms with E-state index in [1.165, 1.54) is 18.5 Å². The molecule has 1 aliphatic heterocycles. The van der Waals surface area contributed by atoms with Gasteiger partial charge in [-0.25, -0.2) is 18.4 Å². The molecule has 0 atom stereocenters. The molecule has 2 heterocycles. The maximum atomic E-state index is 13.0. The molecule has 6 nitrogen and oxygen atoms in total. The lowest BCUT2D eigenvalue weighted by Gasteiger charge is -2.38. The van der Waals surface area contributed by atoms with Crippen LogP contribution in [-0.2, 0) is 16.2 Å². The average Bonchev–Trinajstić information content (AvgIpc) is 2.50. The van der Waals surface area contributed by atoms with Crippen LogP contribution in [-0.4, -0.2) is 41.8 Å². The van der Waals surface area contributed by atoms with Crippen molar-refractivity contribution in [2.75, 3.05) is 18.4 Å². The van der Waals surface area contributed by atoms with Crippen molar-refractivity contribution in [3.05, 3.63) is 48.3 Å². The maximum Gasteiger partial charge on any atom is 0.417 e. The van der Waals surface area contributed by atoms with E-state index in [0.29, 0.717) is 5.95 Å². The minimum absolute atomic E-state index is 0.0484. The normalized spacial score (nSPS) is 16.6. The molecule has 1 aromatic heterocycles. The van der Waals surface area contributed by atoms with Gasteiger partial charge in [-0.2, -0.15) is 17.5 Å². The molecule has 0 radical (unpaired) electrons. The van der Waals surface area contributed by atoms with Crippen molar-refractivity contribution in [3.63, 3.8) is 0 Å². The summed E-state index contributed by atoms with van der Waals surface area (Å²) >= 11 is 0. The fraction of sp³-hybridized carbons (Fsp3) is 0.286. The van der Waals surface area contributed by atoms with E-state index in [0.717, 1.165) is 22.5 Å². The van der Waals surface area contributed by atoms with Crippen molar-refractivity contribution in [2.24, 2.45) is 0 Å². The molecule has 1 aromatic carbocycles. The molecular formula is C14H13F3N4O2S. The van der Waals surface area contributed by atoms with Crippen LogP contribution in [0.1, 0.15) is 5.56 Å². The second-order valence-electron chi connectivity index (χ2n) is 5.23. The largest absolute Gasteiger partial charge is 0.417 e. The number of aromatic nitrogens is 2. The molecule has 1 saturated heterocycles. The van der Waals surface area contributed by atoms with Crippen molar-refractivity contribution in [3.8, 4) is 0 Å². The molecule has 3 rings (SSSR count). The Labute approximate surface area is 136 Å². The Morgan fingerprint density at radius 1 is 1.08 bits per heavy atom. The van der Waals surface area contributed by atoms with Crippen LogP contribution in [0.5, 0.6) is 0 Å². The third-order valence-corrected chi connectivity index (χ3v) is 5.45. The van der Waals surface area contributed by atoms with Crippen molar-refractivity contribution in [1.29, 1.82) is 0 Å². The first-order chi connectivity index (χ1) is 11.3. The van der Waals surface area contributed by atoms with Crippen molar-refractivity contribution >= 4 is 16.0 Å². The molecule has 24 heavy (non-hydrogen) atoms. The predicted octanol–water partition coefficient (Wildman–Crippen LogP) is 1.98. The quantitative estimate of drug-likeness (QED) is 0.905. The number of nitrogens with one attached hydrogen (secondary N) is 1. The summed E-state index contributed by atoms with van der Waals surface area (Å²) in [7, 11) is -4.21. The number of sulfonamides is 1. The van der Waals surface area contributed by atoms with Crippen LogP contribution in [0.25, 0.3) is 0 Å². The molecule has 0 aliphatic carbocycles. The number of anilines is 1. The fourth-order valence-corrected chi connectivity index (χ4v) is 4.09. The zero-order valence-corrected chi connectivity index (χ0v) is 13.0. The molecular weight excluding hydrogens is 345 g/mol. The molecule has 2 aromatic rings. The van der Waals surface area contributed by atoms with Gasteiger partial charge in [-0.3, -0.25) is 0 Å². The van der Waals surface area contributed by atoms with E-state index in [4.69, 9.17) is 0 Å². The Kier molecular flexibility index (Phi) is 4.18. The SMILES string of the molecule is O=S(=O)(c1ccccc1C(F)(F)F)N1CC(Nc2ncccn2)C1. The van der Waals surface area contributed by atoms with Crippen LogP contribution in [0.3, 0.4) is 0 Å². The predicted molar refractivity (Wildman–Crippen MR) is 79.6 cm³/mol. The average molecular weight is 358 g/mol. The van der Waals surface area contributed by atoms with Gasteiger partial charge in [-0.05, 0) is 18.2 Å². The highest BCUT2D eigenvalue weighted by Gasteiger charge is 2.42. The molecule has 128 valence electrons. The Hall–Kier alpha value is -2.20. The van der Waals surface area contributed by atoms with Crippen LogP contribution >= 0.6 is 0 Å². The number of halogens is 3. The second-order valence-corrected chi connectivity index (χ2v) is 7.14. The minimum atomic E-state index is -4.73. The summed E-state index contributed by atoms with van der Waals surface area (Å²) in [5, 5.41) is 2.93. The van der Waals surface area contributed by atoms with Crippen molar-refractivity contribution in [1.82, 2.24) is 14.3 Å². The molecule has 1 N–H and O–H groups in total. The van der Waals surface area contributed by atoms with E-state index in [2.05, 4.69) is 15.3 Å². The third kappa shape index (κ3) is 3.20. The van der Waals surface area contributed by atoms with Gasteiger partial charge in [0.25, 0.3) is 0 Å². The highest BCUT2D eigenvalue weighted by molar-refractivity contribution is 7.89. The summed E-state index contributed by atoms with van der Waals surface area (Å²) in [6, 6.07) is 5.56. The zero-order valence-electron chi connectivity index (χ0n) is 12.2. The lowest BCUT2D eigenvalue weighted by molar-refractivity contribution is -0.139. The number of nitrogens with zero attached hydrogens (tertiary/aromatic N) is 3. The third-order valence-electron chi connectivity index (χ3n) is 3.56. The monoisotopic (exact) mass is 358 g/mol. The number of alkyl halides is 3. The number of rotatable bonds is 4. The van der Waals surface area contributed by atoms with Gasteiger partial charge in [0, 0.05) is 25.5 Å². The molecule has 0 amide bonds. The summed E-state index contributed by atoms with van der Waals surface area (Å²) in [4.78, 5) is 7.18. The van der Waals surface area contributed by atoms with Crippen LogP contribution in [0.2, 0.25) is 0 Å². The molecule has 1 fully saturated rings. The first-order valence-electron chi connectivity index (χ1n) is 6.98. The highest BCUT2D eigenvalue weighted by atomic mass is 32.2. The van der Waals surface area contributed by atoms with Gasteiger partial charge in [0.05, 0.1) is 16.5 Å². The van der Waals surface area contributed by atoms with E-state index in [9.17, 15) is 21.6 Å². The summed E-state index contributed by atoms with van der Waals surface area (Å²) in [5.74, 6) is 0.343. The van der Waals surface area contributed by atoms with Gasteiger partial charge >= 0.3 is 6.18 Å². The maximum absolute atomic E-state index is 13.0. The molecule has 0 bridgehead atoms. The van der Waals surface area contributed by atoms with Crippen molar-refractivity contribution < 1.29 is 21.6 Å². The number of benzene rings is 1. The lowest BCUT2D eigenvalue weighted by Crippen LogP contribution is -2.57. The molecule has 10 heteroatoms. The minimum Gasteiger partial charge on any atom is -0.349 e. The van der Waals surface area contributed by atoms with E-state index in [1.54, 1.807) is 6.07 Å². The summed E-state index contributed by atoms with van der Waals surface area (Å²) < 4.78 is 64.9. The van der Waals surface area contributed by atoms with E-state index >= 15 is 0 Å². The van der Waals surface area contributed by atoms with Gasteiger partial charge in [0.2, 0.25) is 16.0 Å². The van der Waals surface area contributed by atoms with Gasteiger partial charge in [0.15, 0.2) is 0 Å². The van der Waals surface area contributed by atoms with Crippen LogP contribution < -0.4 is 5.32 Å². The first kappa shape index (κ1) is 16.7. The van der Waals surface area contributed by atoms with Gasteiger partial charge < -0.3 is 5.32 Å². The van der Waals surface area contributed by atoms with Gasteiger partial charge in [-0.15, -0.1) is 0 Å². The Balaban J connectivity index is 1.75. The van der Waals surface area contributed by atoms with E-state index < -0.39 is 26.7 Å². The Bertz CT molecular complexity index is 821.